The van der Waals surface area contributed by atoms with E-state index in [4.69, 9.17) is 11.6 Å². The zero-order valence-corrected chi connectivity index (χ0v) is 23.4. The summed E-state index contributed by atoms with van der Waals surface area (Å²) in [6.45, 7) is 2.37. The van der Waals surface area contributed by atoms with Gasteiger partial charge in [-0.05, 0) is 62.2 Å². The van der Waals surface area contributed by atoms with Crippen LogP contribution in [0.15, 0.2) is 48.8 Å². The van der Waals surface area contributed by atoms with Crippen molar-refractivity contribution >= 4 is 29.0 Å². The predicted octanol–water partition coefficient (Wildman–Crippen LogP) is 5.71. The Hall–Kier alpha value is -3.42. The smallest absolute Gasteiger partial charge is 0.394 e. The van der Waals surface area contributed by atoms with E-state index in [0.717, 1.165) is 4.90 Å². The highest BCUT2D eigenvalue weighted by atomic mass is 35.5. The van der Waals surface area contributed by atoms with Gasteiger partial charge in [0.25, 0.3) is 0 Å². The minimum atomic E-state index is -5.08. The molecule has 42 heavy (non-hydrogen) atoms. The van der Waals surface area contributed by atoms with Crippen molar-refractivity contribution < 1.29 is 41.4 Å². The van der Waals surface area contributed by atoms with Crippen molar-refractivity contribution in [3.63, 3.8) is 0 Å². The molecule has 0 radical (unpaired) electrons. The van der Waals surface area contributed by atoms with E-state index in [9.17, 15) is 41.4 Å². The number of aliphatic hydroxyl groups is 2. The van der Waals surface area contributed by atoms with Gasteiger partial charge in [-0.3, -0.25) is 9.78 Å². The van der Waals surface area contributed by atoms with Gasteiger partial charge in [-0.2, -0.15) is 26.3 Å². The average Bonchev–Trinajstić information content (AvgIpc) is 3.31. The second-order valence-corrected chi connectivity index (χ2v) is 11.0. The maximum atomic E-state index is 13.8. The monoisotopic (exact) mass is 616 g/mol. The minimum Gasteiger partial charge on any atom is -0.394 e. The Labute approximate surface area is 242 Å². The summed E-state index contributed by atoms with van der Waals surface area (Å²) in [4.78, 5) is 25.3. The molecule has 1 fully saturated rings. The summed E-state index contributed by atoms with van der Waals surface area (Å²) in [5.41, 5.74) is -4.77. The lowest BCUT2D eigenvalue weighted by atomic mass is 9.81. The van der Waals surface area contributed by atoms with E-state index in [0.29, 0.717) is 24.4 Å². The van der Waals surface area contributed by atoms with E-state index in [1.165, 1.54) is 33.3 Å². The van der Waals surface area contributed by atoms with Crippen LogP contribution in [0.1, 0.15) is 37.0 Å². The van der Waals surface area contributed by atoms with E-state index in [-0.39, 0.29) is 41.2 Å². The third kappa shape index (κ3) is 6.18. The molecule has 3 heterocycles. The molecule has 2 N–H and O–H groups in total. The number of nitrogens with zero attached hydrogens (tertiary/aromatic N) is 4. The molecule has 7 nitrogen and oxygen atoms in total. The predicted molar refractivity (Wildman–Crippen MR) is 144 cm³/mol. The van der Waals surface area contributed by atoms with Crippen molar-refractivity contribution in [3.8, 4) is 11.3 Å². The third-order valence-corrected chi connectivity index (χ3v) is 7.59. The Morgan fingerprint density at radius 1 is 1.05 bits per heavy atom. The molecule has 0 aliphatic carbocycles. The molecule has 3 aromatic rings. The molecule has 1 saturated heterocycles. The number of β-amino-alcohol motifs (C(OH)–C–C–N with tert-alkyl or cyclic N) is 1. The molecule has 0 unspecified atom stereocenters. The lowest BCUT2D eigenvalue weighted by Crippen LogP contribution is -2.42. The molecule has 0 bridgehead atoms. The molecule has 226 valence electrons. The zero-order chi connectivity index (χ0) is 31.2. The molecule has 4 rings (SSSR count). The second kappa shape index (κ2) is 11.3. The lowest BCUT2D eigenvalue weighted by Gasteiger charge is -2.32. The summed E-state index contributed by atoms with van der Waals surface area (Å²) in [6, 6.07) is 5.32. The molecule has 1 amide bonds. The topological polar surface area (TPSA) is 89.8 Å². The van der Waals surface area contributed by atoms with Gasteiger partial charge in [0, 0.05) is 25.4 Å². The third-order valence-electron chi connectivity index (χ3n) is 7.29. The van der Waals surface area contributed by atoms with Gasteiger partial charge in [0.2, 0.25) is 5.91 Å². The highest BCUT2D eigenvalue weighted by Crippen LogP contribution is 2.41. The number of benzene rings is 1. The van der Waals surface area contributed by atoms with E-state index < -0.39 is 52.5 Å². The van der Waals surface area contributed by atoms with Crippen molar-refractivity contribution in [2.24, 2.45) is 0 Å². The summed E-state index contributed by atoms with van der Waals surface area (Å²) in [7, 11) is 1.32. The number of anilines is 2. The lowest BCUT2D eigenvalue weighted by molar-refractivity contribution is -0.143. The van der Waals surface area contributed by atoms with Crippen LogP contribution in [0, 0.1) is 0 Å². The maximum absolute atomic E-state index is 13.8. The molecule has 2 atom stereocenters. The van der Waals surface area contributed by atoms with Gasteiger partial charge in [-0.25, -0.2) is 4.98 Å². The standard InChI is InChI=1S/C28H27ClF6N4O3/c1-26(2,15-7-16(27(30,31)32)9-17(8-15)28(33,34)35)25(42)38(3)22-12-37-23(39-13-19(41)10-18(39)14-40)11-20(22)24-21(29)5-4-6-36-24/h4-9,11-12,18-19,40-41H,10,13-14H2,1-3H3/t18-,19+/m0/s1. The molecule has 2 aromatic heterocycles. The Balaban J connectivity index is 1.82. The van der Waals surface area contributed by atoms with Crippen LogP contribution in [-0.4, -0.2) is 58.4 Å². The summed E-state index contributed by atoms with van der Waals surface area (Å²) in [5, 5.41) is 20.1. The maximum Gasteiger partial charge on any atom is 0.416 e. The Kier molecular flexibility index (Phi) is 8.51. The first-order valence-corrected chi connectivity index (χ1v) is 13.1. The molecule has 14 heteroatoms. The van der Waals surface area contributed by atoms with E-state index in [1.807, 2.05) is 0 Å². The fraction of sp³-hybridized carbons (Fsp3) is 0.393. The molecule has 1 aliphatic heterocycles. The highest BCUT2D eigenvalue weighted by Gasteiger charge is 2.41. The molecule has 1 aromatic carbocycles. The Morgan fingerprint density at radius 3 is 2.19 bits per heavy atom. The Bertz CT molecular complexity index is 1450. The number of carbonyl (C=O) groups excluding carboxylic acids is 1. The Morgan fingerprint density at radius 2 is 1.64 bits per heavy atom. The molecule has 0 saturated carbocycles. The van der Waals surface area contributed by atoms with Crippen LogP contribution in [0.2, 0.25) is 5.02 Å². The fourth-order valence-corrected chi connectivity index (χ4v) is 5.17. The summed E-state index contributed by atoms with van der Waals surface area (Å²) in [5.74, 6) is -0.499. The average molecular weight is 617 g/mol. The van der Waals surface area contributed by atoms with Crippen molar-refractivity contribution in [2.75, 3.05) is 30.0 Å². The van der Waals surface area contributed by atoms with Crippen LogP contribution in [0.3, 0.4) is 0 Å². The van der Waals surface area contributed by atoms with Gasteiger partial charge in [0.1, 0.15) is 5.82 Å². The normalized spacial score (nSPS) is 18.0. The van der Waals surface area contributed by atoms with Crippen molar-refractivity contribution in [1.29, 1.82) is 0 Å². The molecular weight excluding hydrogens is 590 g/mol. The van der Waals surface area contributed by atoms with Gasteiger partial charge < -0.3 is 20.0 Å². The van der Waals surface area contributed by atoms with Crippen LogP contribution < -0.4 is 9.80 Å². The number of hydrogen-bond acceptors (Lipinski definition) is 6. The van der Waals surface area contributed by atoms with Crippen LogP contribution >= 0.6 is 11.6 Å². The van der Waals surface area contributed by atoms with Crippen molar-refractivity contribution in [2.45, 2.75) is 50.2 Å². The van der Waals surface area contributed by atoms with Crippen LogP contribution in [0.4, 0.5) is 37.8 Å². The number of aliphatic hydroxyl groups excluding tert-OH is 2. The number of aromatic nitrogens is 2. The summed E-state index contributed by atoms with van der Waals surface area (Å²) in [6.07, 6.45) is -7.84. The number of alkyl halides is 6. The van der Waals surface area contributed by atoms with Gasteiger partial charge in [0.05, 0.1) is 57.9 Å². The first-order chi connectivity index (χ1) is 19.4. The molecule has 0 spiro atoms. The number of hydrogen-bond donors (Lipinski definition) is 2. The zero-order valence-electron chi connectivity index (χ0n) is 22.6. The largest absolute Gasteiger partial charge is 0.416 e. The number of carbonyl (C=O) groups is 1. The SMILES string of the molecule is CN(C(=O)C(C)(C)c1cc(C(F)(F)F)cc(C(F)(F)F)c1)c1cnc(N2C[C@H](O)C[C@H]2CO)cc1-c1ncccc1Cl. The second-order valence-electron chi connectivity index (χ2n) is 10.6. The number of amides is 1. The van der Waals surface area contributed by atoms with Gasteiger partial charge in [-0.15, -0.1) is 0 Å². The van der Waals surface area contributed by atoms with Gasteiger partial charge in [0.15, 0.2) is 0 Å². The van der Waals surface area contributed by atoms with Crippen molar-refractivity contribution in [3.05, 3.63) is 70.5 Å². The van der Waals surface area contributed by atoms with Crippen molar-refractivity contribution in [1.82, 2.24) is 9.97 Å². The summed E-state index contributed by atoms with van der Waals surface area (Å²) >= 11 is 6.42. The van der Waals surface area contributed by atoms with Crippen LogP contribution in [0.25, 0.3) is 11.3 Å². The molecular formula is C28H27ClF6N4O3. The molecule has 1 aliphatic rings. The quantitative estimate of drug-likeness (QED) is 0.345. The fourth-order valence-electron chi connectivity index (χ4n) is 4.95. The highest BCUT2D eigenvalue weighted by molar-refractivity contribution is 6.33. The van der Waals surface area contributed by atoms with Crippen LogP contribution in [0.5, 0.6) is 0 Å². The van der Waals surface area contributed by atoms with Gasteiger partial charge >= 0.3 is 12.4 Å². The minimum absolute atomic E-state index is 0.00648. The van der Waals surface area contributed by atoms with Crippen LogP contribution in [-0.2, 0) is 22.6 Å². The number of halogens is 7. The number of rotatable bonds is 6. The number of pyridine rings is 2. The van der Waals surface area contributed by atoms with E-state index in [2.05, 4.69) is 9.97 Å². The first kappa shape index (κ1) is 31.5. The first-order valence-electron chi connectivity index (χ1n) is 12.7. The van der Waals surface area contributed by atoms with Gasteiger partial charge in [-0.1, -0.05) is 11.6 Å². The number of likely N-dealkylation sites (N-methyl/N-ethyl adjacent to an activating group) is 1. The van der Waals surface area contributed by atoms with E-state index in [1.54, 1.807) is 23.1 Å². The summed E-state index contributed by atoms with van der Waals surface area (Å²) < 4.78 is 81.3. The van der Waals surface area contributed by atoms with E-state index >= 15 is 0 Å².